The predicted octanol–water partition coefficient (Wildman–Crippen LogP) is 5.87. The molecule has 0 aromatic heterocycles. The first-order chi connectivity index (χ1) is 15.0. The Balaban J connectivity index is 1.78. The van der Waals surface area contributed by atoms with Crippen molar-refractivity contribution in [3.8, 4) is 0 Å². The first-order valence-corrected chi connectivity index (χ1v) is 10.4. The van der Waals surface area contributed by atoms with Crippen molar-refractivity contribution in [3.63, 3.8) is 0 Å². The molecule has 0 spiro atoms. The number of hydrogen-bond acceptors (Lipinski definition) is 2. The summed E-state index contributed by atoms with van der Waals surface area (Å²) in [5.74, 6) is -4.27. The molecule has 0 saturated heterocycles. The van der Waals surface area contributed by atoms with E-state index in [1.807, 2.05) is 36.4 Å². The van der Waals surface area contributed by atoms with Gasteiger partial charge in [0.15, 0.2) is 5.71 Å². The summed E-state index contributed by atoms with van der Waals surface area (Å²) in [4.78, 5) is 16.7. The minimum absolute atomic E-state index is 0.102. The first-order valence-electron chi connectivity index (χ1n) is 9.98. The second-order valence-corrected chi connectivity index (χ2v) is 7.52. The normalized spacial score (nSPS) is 11.9. The van der Waals surface area contributed by atoms with E-state index in [4.69, 9.17) is 11.6 Å². The molecule has 1 N–H and O–H groups in total. The van der Waals surface area contributed by atoms with Crippen LogP contribution in [0, 0.1) is 0 Å². The Morgan fingerprint density at radius 1 is 0.871 bits per heavy atom. The molecule has 31 heavy (non-hydrogen) atoms. The van der Waals surface area contributed by atoms with Gasteiger partial charge in [0.1, 0.15) is 0 Å². The Labute approximate surface area is 185 Å². The number of alkyl halides is 2. The standard InChI is InChI=1S/C25H23ClF2N2O/c26-22-14-8-7-13-21(22)18-29-23(24(31)30-17-20-11-5-2-6-12-20)25(27,28)16-15-19-9-3-1-4-10-19/h1-14H,15-18H2,(H,30,31). The minimum Gasteiger partial charge on any atom is -0.347 e. The third kappa shape index (κ3) is 6.72. The van der Waals surface area contributed by atoms with E-state index < -0.39 is 24.0 Å². The summed E-state index contributed by atoms with van der Waals surface area (Å²) >= 11 is 6.13. The Hall–Kier alpha value is -3.05. The fourth-order valence-electron chi connectivity index (χ4n) is 3.07. The molecular formula is C25H23ClF2N2O. The summed E-state index contributed by atoms with van der Waals surface area (Å²) in [6.07, 6.45) is -0.387. The van der Waals surface area contributed by atoms with Gasteiger partial charge in [-0.2, -0.15) is 8.78 Å². The van der Waals surface area contributed by atoms with Gasteiger partial charge in [0.2, 0.25) is 0 Å². The second-order valence-electron chi connectivity index (χ2n) is 7.11. The average molecular weight is 441 g/mol. The molecule has 0 aliphatic rings. The van der Waals surface area contributed by atoms with E-state index in [9.17, 15) is 4.79 Å². The van der Waals surface area contributed by atoms with Crippen LogP contribution < -0.4 is 5.32 Å². The van der Waals surface area contributed by atoms with Crippen molar-refractivity contribution in [2.24, 2.45) is 4.99 Å². The number of carbonyl (C=O) groups is 1. The molecule has 0 radical (unpaired) electrons. The highest BCUT2D eigenvalue weighted by Crippen LogP contribution is 2.25. The lowest BCUT2D eigenvalue weighted by molar-refractivity contribution is -0.116. The van der Waals surface area contributed by atoms with Crippen molar-refractivity contribution in [1.29, 1.82) is 0 Å². The highest BCUT2D eigenvalue weighted by molar-refractivity contribution is 6.41. The van der Waals surface area contributed by atoms with Crippen LogP contribution in [0.5, 0.6) is 0 Å². The van der Waals surface area contributed by atoms with E-state index in [0.717, 1.165) is 11.1 Å². The molecule has 0 bridgehead atoms. The summed E-state index contributed by atoms with van der Waals surface area (Å²) < 4.78 is 30.3. The van der Waals surface area contributed by atoms with Crippen molar-refractivity contribution < 1.29 is 13.6 Å². The van der Waals surface area contributed by atoms with Gasteiger partial charge in [-0.05, 0) is 29.2 Å². The van der Waals surface area contributed by atoms with Crippen molar-refractivity contribution in [2.45, 2.75) is 31.9 Å². The highest BCUT2D eigenvalue weighted by Gasteiger charge is 2.40. The number of hydrogen-bond donors (Lipinski definition) is 1. The van der Waals surface area contributed by atoms with E-state index in [2.05, 4.69) is 10.3 Å². The van der Waals surface area contributed by atoms with E-state index in [-0.39, 0.29) is 19.5 Å². The fourth-order valence-corrected chi connectivity index (χ4v) is 3.27. The summed E-state index contributed by atoms with van der Waals surface area (Å²) in [6, 6.07) is 25.0. The van der Waals surface area contributed by atoms with Crippen LogP contribution in [0.2, 0.25) is 5.02 Å². The maximum Gasteiger partial charge on any atom is 0.295 e. The summed E-state index contributed by atoms with van der Waals surface area (Å²) in [6.45, 7) is 0.0360. The number of rotatable bonds is 9. The van der Waals surface area contributed by atoms with Gasteiger partial charge in [-0.15, -0.1) is 0 Å². The third-order valence-corrected chi connectivity index (χ3v) is 5.16. The summed E-state index contributed by atoms with van der Waals surface area (Å²) in [7, 11) is 0. The van der Waals surface area contributed by atoms with Crippen molar-refractivity contribution in [1.82, 2.24) is 5.32 Å². The molecule has 1 amide bonds. The minimum atomic E-state index is -3.39. The highest BCUT2D eigenvalue weighted by atomic mass is 35.5. The molecular weight excluding hydrogens is 418 g/mol. The van der Waals surface area contributed by atoms with Crippen molar-refractivity contribution >= 4 is 23.2 Å². The largest absolute Gasteiger partial charge is 0.347 e. The molecule has 3 aromatic rings. The number of benzene rings is 3. The van der Waals surface area contributed by atoms with Crippen LogP contribution in [0.25, 0.3) is 0 Å². The first kappa shape index (κ1) is 22.6. The predicted molar refractivity (Wildman–Crippen MR) is 121 cm³/mol. The number of amides is 1. The number of carbonyl (C=O) groups excluding carboxylic acids is 1. The van der Waals surface area contributed by atoms with E-state index >= 15 is 8.78 Å². The number of aryl methyl sites for hydroxylation is 1. The van der Waals surface area contributed by atoms with Gasteiger partial charge in [0, 0.05) is 18.0 Å². The zero-order chi connectivity index (χ0) is 22.1. The van der Waals surface area contributed by atoms with Crippen molar-refractivity contribution in [2.75, 3.05) is 0 Å². The lowest BCUT2D eigenvalue weighted by atomic mass is 10.0. The van der Waals surface area contributed by atoms with Crippen LogP contribution in [-0.2, 0) is 24.3 Å². The van der Waals surface area contributed by atoms with Gasteiger partial charge in [-0.1, -0.05) is 90.5 Å². The van der Waals surface area contributed by atoms with Crippen LogP contribution >= 0.6 is 11.6 Å². The second kappa shape index (κ2) is 10.8. The summed E-state index contributed by atoms with van der Waals surface area (Å²) in [5, 5.41) is 2.99. The number of nitrogens with zero attached hydrogens (tertiary/aromatic N) is 1. The molecule has 0 fully saturated rings. The number of aliphatic imine (C=N–C) groups is 1. The van der Waals surface area contributed by atoms with Crippen molar-refractivity contribution in [3.05, 3.63) is 107 Å². The molecule has 0 heterocycles. The molecule has 0 aliphatic carbocycles. The van der Waals surface area contributed by atoms with Gasteiger partial charge in [-0.25, -0.2) is 0 Å². The fraction of sp³-hybridized carbons (Fsp3) is 0.200. The van der Waals surface area contributed by atoms with E-state index in [1.54, 1.807) is 48.5 Å². The van der Waals surface area contributed by atoms with Crippen LogP contribution in [0.1, 0.15) is 23.1 Å². The summed E-state index contributed by atoms with van der Waals surface area (Å²) in [5.41, 5.74) is 1.39. The maximum absolute atomic E-state index is 15.1. The van der Waals surface area contributed by atoms with Crippen LogP contribution in [0.15, 0.2) is 89.9 Å². The van der Waals surface area contributed by atoms with Gasteiger partial charge in [0.25, 0.3) is 11.8 Å². The molecule has 0 saturated carbocycles. The lowest BCUT2D eigenvalue weighted by Crippen LogP contribution is -2.42. The molecule has 3 rings (SSSR count). The molecule has 160 valence electrons. The Morgan fingerprint density at radius 3 is 2.10 bits per heavy atom. The Bertz CT molecular complexity index is 1020. The molecule has 6 heteroatoms. The topological polar surface area (TPSA) is 41.5 Å². The van der Waals surface area contributed by atoms with Gasteiger partial charge in [-0.3, -0.25) is 9.79 Å². The lowest BCUT2D eigenvalue weighted by Gasteiger charge is -2.19. The average Bonchev–Trinajstić information content (AvgIpc) is 2.79. The Kier molecular flexibility index (Phi) is 7.90. The van der Waals surface area contributed by atoms with Gasteiger partial charge in [0.05, 0.1) is 6.54 Å². The SMILES string of the molecule is O=C(NCc1ccccc1)C(=NCc1ccccc1Cl)C(F)(F)CCc1ccccc1. The maximum atomic E-state index is 15.1. The van der Waals surface area contributed by atoms with Gasteiger partial charge < -0.3 is 5.32 Å². The van der Waals surface area contributed by atoms with Crippen LogP contribution in [0.3, 0.4) is 0 Å². The van der Waals surface area contributed by atoms with Gasteiger partial charge >= 0.3 is 0 Å². The zero-order valence-electron chi connectivity index (χ0n) is 16.9. The van der Waals surface area contributed by atoms with Crippen LogP contribution in [0.4, 0.5) is 8.78 Å². The van der Waals surface area contributed by atoms with E-state index in [0.29, 0.717) is 10.6 Å². The third-order valence-electron chi connectivity index (χ3n) is 4.79. The molecule has 3 aromatic carbocycles. The monoisotopic (exact) mass is 440 g/mol. The number of halogens is 3. The molecule has 0 atom stereocenters. The Morgan fingerprint density at radius 2 is 1.45 bits per heavy atom. The van der Waals surface area contributed by atoms with E-state index in [1.165, 1.54) is 0 Å². The quantitative estimate of drug-likeness (QED) is 0.416. The molecule has 0 aliphatic heterocycles. The molecule has 3 nitrogen and oxygen atoms in total. The molecule has 0 unspecified atom stereocenters. The number of nitrogens with one attached hydrogen (secondary N) is 1. The zero-order valence-corrected chi connectivity index (χ0v) is 17.7. The van der Waals surface area contributed by atoms with Crippen LogP contribution in [-0.4, -0.2) is 17.5 Å². The smallest absolute Gasteiger partial charge is 0.295 e.